The summed E-state index contributed by atoms with van der Waals surface area (Å²) in [6.45, 7) is 4.31. The van der Waals surface area contributed by atoms with Crippen molar-refractivity contribution in [1.82, 2.24) is 15.5 Å². The second-order valence-electron chi connectivity index (χ2n) is 4.97. The number of anilines is 1. The van der Waals surface area contributed by atoms with E-state index in [0.29, 0.717) is 17.9 Å². The molecule has 1 fully saturated rings. The molecule has 3 N–H and O–H groups in total. The summed E-state index contributed by atoms with van der Waals surface area (Å²) in [5.41, 5.74) is 0.984. The number of amides is 2. The Kier molecular flexibility index (Phi) is 4.39. The Bertz CT molecular complexity index is 512. The van der Waals surface area contributed by atoms with Crippen molar-refractivity contribution in [1.29, 1.82) is 0 Å². The van der Waals surface area contributed by atoms with E-state index in [2.05, 4.69) is 20.8 Å². The number of hydrogen-bond donors (Lipinski definition) is 3. The second-order valence-corrected chi connectivity index (χ2v) is 4.97. The summed E-state index contributed by atoms with van der Waals surface area (Å²) in [5, 5.41) is 12.0. The zero-order valence-electron chi connectivity index (χ0n) is 11.9. The van der Waals surface area contributed by atoms with Gasteiger partial charge < -0.3 is 15.4 Å². The molecule has 0 saturated carbocycles. The number of carbonyl (C=O) groups excluding carboxylic acids is 2. The fourth-order valence-corrected chi connectivity index (χ4v) is 2.40. The van der Waals surface area contributed by atoms with Crippen molar-refractivity contribution in [2.75, 3.05) is 19.0 Å². The van der Waals surface area contributed by atoms with Gasteiger partial charge in [0.1, 0.15) is 5.56 Å². The predicted molar refractivity (Wildman–Crippen MR) is 73.5 cm³/mol. The van der Waals surface area contributed by atoms with Crippen LogP contribution in [-0.4, -0.2) is 41.8 Å². The quantitative estimate of drug-likeness (QED) is 0.764. The third kappa shape index (κ3) is 2.82. The molecule has 0 aromatic carbocycles. The standard InChI is InChI=1S/C13H20N4O3/c1-7-10(13(19)14-3)11(17-16-7)15-12(18)9-5-4-6-20-8(9)2/h8-9H,4-6H2,1-3H3,(H,14,19)(H2,15,16,17,18). The Balaban J connectivity index is 2.13. The van der Waals surface area contributed by atoms with Crippen LogP contribution in [0.25, 0.3) is 0 Å². The van der Waals surface area contributed by atoms with Gasteiger partial charge in [0, 0.05) is 19.3 Å². The fraction of sp³-hybridized carbons (Fsp3) is 0.615. The average molecular weight is 280 g/mol. The van der Waals surface area contributed by atoms with Gasteiger partial charge in [0.25, 0.3) is 5.91 Å². The van der Waals surface area contributed by atoms with Crippen LogP contribution in [0.5, 0.6) is 0 Å². The lowest BCUT2D eigenvalue weighted by Crippen LogP contribution is -2.36. The predicted octanol–water partition coefficient (Wildman–Crippen LogP) is 0.831. The van der Waals surface area contributed by atoms with Gasteiger partial charge in [-0.05, 0) is 26.7 Å². The number of ether oxygens (including phenoxy) is 1. The van der Waals surface area contributed by atoms with E-state index in [1.165, 1.54) is 7.05 Å². The maximum atomic E-state index is 12.3. The van der Waals surface area contributed by atoms with E-state index in [9.17, 15) is 9.59 Å². The van der Waals surface area contributed by atoms with Crippen LogP contribution >= 0.6 is 0 Å². The van der Waals surface area contributed by atoms with E-state index < -0.39 is 0 Å². The Morgan fingerprint density at radius 2 is 2.20 bits per heavy atom. The molecule has 2 rings (SSSR count). The molecule has 1 aromatic heterocycles. The molecule has 7 heteroatoms. The van der Waals surface area contributed by atoms with Gasteiger partial charge in [0.05, 0.1) is 12.0 Å². The molecule has 2 unspecified atom stereocenters. The molecule has 1 aromatic rings. The Morgan fingerprint density at radius 1 is 1.45 bits per heavy atom. The van der Waals surface area contributed by atoms with Gasteiger partial charge >= 0.3 is 0 Å². The summed E-state index contributed by atoms with van der Waals surface area (Å²) in [4.78, 5) is 24.1. The Hall–Kier alpha value is -1.89. The van der Waals surface area contributed by atoms with Gasteiger partial charge in [0.15, 0.2) is 5.82 Å². The molecule has 1 saturated heterocycles. The van der Waals surface area contributed by atoms with Crippen LogP contribution in [0.2, 0.25) is 0 Å². The minimum atomic E-state index is -0.278. The third-order valence-corrected chi connectivity index (χ3v) is 3.59. The molecule has 2 amide bonds. The van der Waals surface area contributed by atoms with Gasteiger partial charge in [-0.1, -0.05) is 0 Å². The van der Waals surface area contributed by atoms with E-state index in [1.807, 2.05) is 6.92 Å². The highest BCUT2D eigenvalue weighted by Gasteiger charge is 2.30. The topological polar surface area (TPSA) is 96.1 Å². The molecule has 0 radical (unpaired) electrons. The van der Waals surface area contributed by atoms with E-state index >= 15 is 0 Å². The van der Waals surface area contributed by atoms with Crippen molar-refractivity contribution >= 4 is 17.6 Å². The summed E-state index contributed by atoms with van der Waals surface area (Å²) in [6, 6.07) is 0. The first-order chi connectivity index (χ1) is 9.54. The van der Waals surface area contributed by atoms with Crippen molar-refractivity contribution in [2.45, 2.75) is 32.8 Å². The lowest BCUT2D eigenvalue weighted by Gasteiger charge is -2.27. The normalized spacial score (nSPS) is 22.4. The Labute approximate surface area is 117 Å². The molecule has 2 atom stereocenters. The van der Waals surface area contributed by atoms with Gasteiger partial charge in [-0.2, -0.15) is 5.10 Å². The van der Waals surface area contributed by atoms with E-state index in [1.54, 1.807) is 6.92 Å². The third-order valence-electron chi connectivity index (χ3n) is 3.59. The first-order valence-corrected chi connectivity index (χ1v) is 6.74. The van der Waals surface area contributed by atoms with Crippen LogP contribution in [-0.2, 0) is 9.53 Å². The van der Waals surface area contributed by atoms with Crippen molar-refractivity contribution in [3.63, 3.8) is 0 Å². The summed E-state index contributed by atoms with van der Waals surface area (Å²) in [5.74, 6) is -0.378. The molecule has 2 heterocycles. The first-order valence-electron chi connectivity index (χ1n) is 6.74. The molecule has 0 aliphatic carbocycles. The first kappa shape index (κ1) is 14.5. The number of nitrogens with one attached hydrogen (secondary N) is 3. The molecule has 20 heavy (non-hydrogen) atoms. The van der Waals surface area contributed by atoms with E-state index in [4.69, 9.17) is 4.74 Å². The minimum absolute atomic E-state index is 0.118. The van der Waals surface area contributed by atoms with Crippen LogP contribution < -0.4 is 10.6 Å². The van der Waals surface area contributed by atoms with Gasteiger partial charge in [0.2, 0.25) is 5.91 Å². The van der Waals surface area contributed by atoms with Crippen molar-refractivity contribution in [2.24, 2.45) is 5.92 Å². The number of hydrogen-bond acceptors (Lipinski definition) is 4. The Morgan fingerprint density at radius 3 is 2.85 bits per heavy atom. The zero-order chi connectivity index (χ0) is 14.7. The molecular formula is C13H20N4O3. The molecule has 1 aliphatic heterocycles. The number of aryl methyl sites for hydroxylation is 1. The van der Waals surface area contributed by atoms with Gasteiger partial charge in [-0.25, -0.2) is 0 Å². The SMILES string of the molecule is CNC(=O)c1c(NC(=O)C2CCCOC2C)n[nH]c1C. The molecular weight excluding hydrogens is 260 g/mol. The largest absolute Gasteiger partial charge is 0.378 e. The molecule has 0 bridgehead atoms. The highest BCUT2D eigenvalue weighted by Crippen LogP contribution is 2.23. The second kappa shape index (κ2) is 6.04. The minimum Gasteiger partial charge on any atom is -0.378 e. The molecule has 110 valence electrons. The maximum Gasteiger partial charge on any atom is 0.256 e. The number of nitrogens with zero attached hydrogens (tertiary/aromatic N) is 1. The van der Waals surface area contributed by atoms with Crippen molar-refractivity contribution in [3.8, 4) is 0 Å². The maximum absolute atomic E-state index is 12.3. The number of H-pyrrole nitrogens is 1. The highest BCUT2D eigenvalue weighted by atomic mass is 16.5. The number of carbonyl (C=O) groups is 2. The highest BCUT2D eigenvalue weighted by molar-refractivity contribution is 6.03. The summed E-state index contributed by atoms with van der Waals surface area (Å²) >= 11 is 0. The van der Waals surface area contributed by atoms with Gasteiger partial charge in [-0.3, -0.25) is 14.7 Å². The van der Waals surface area contributed by atoms with Crippen LogP contribution in [0, 0.1) is 12.8 Å². The lowest BCUT2D eigenvalue weighted by molar-refractivity contribution is -0.127. The van der Waals surface area contributed by atoms with Crippen LogP contribution in [0.15, 0.2) is 0 Å². The monoisotopic (exact) mass is 280 g/mol. The number of aromatic amines is 1. The molecule has 1 aliphatic rings. The van der Waals surface area contributed by atoms with E-state index in [0.717, 1.165) is 12.8 Å². The summed E-state index contributed by atoms with van der Waals surface area (Å²) < 4.78 is 5.48. The lowest BCUT2D eigenvalue weighted by atomic mass is 9.94. The summed E-state index contributed by atoms with van der Waals surface area (Å²) in [6.07, 6.45) is 1.53. The van der Waals surface area contributed by atoms with Crippen molar-refractivity contribution in [3.05, 3.63) is 11.3 Å². The summed E-state index contributed by atoms with van der Waals surface area (Å²) in [7, 11) is 1.54. The van der Waals surface area contributed by atoms with E-state index in [-0.39, 0.29) is 29.7 Å². The number of rotatable bonds is 3. The average Bonchev–Trinajstić information content (AvgIpc) is 2.79. The molecule has 7 nitrogen and oxygen atoms in total. The zero-order valence-corrected chi connectivity index (χ0v) is 11.9. The smallest absolute Gasteiger partial charge is 0.256 e. The van der Waals surface area contributed by atoms with Crippen LogP contribution in [0.1, 0.15) is 35.8 Å². The van der Waals surface area contributed by atoms with Crippen LogP contribution in [0.3, 0.4) is 0 Å². The van der Waals surface area contributed by atoms with Crippen LogP contribution in [0.4, 0.5) is 5.82 Å². The fourth-order valence-electron chi connectivity index (χ4n) is 2.40. The number of aromatic nitrogens is 2. The van der Waals surface area contributed by atoms with Crippen molar-refractivity contribution < 1.29 is 14.3 Å². The molecule has 0 spiro atoms. The van der Waals surface area contributed by atoms with Gasteiger partial charge in [-0.15, -0.1) is 0 Å².